The molecule has 2 heterocycles. The smallest absolute Gasteiger partial charge is 0.407 e. The Morgan fingerprint density at radius 1 is 1.24 bits per heavy atom. The predicted molar refractivity (Wildman–Crippen MR) is 96.9 cm³/mol. The van der Waals surface area contributed by atoms with Gasteiger partial charge < -0.3 is 19.9 Å². The lowest BCUT2D eigenvalue weighted by Gasteiger charge is -2.32. The number of pyridine rings is 1. The largest absolute Gasteiger partial charge is 0.446 e. The predicted octanol–water partition coefficient (Wildman–Crippen LogP) is 2.28. The van der Waals surface area contributed by atoms with E-state index < -0.39 is 6.09 Å². The molecule has 2 amide bonds. The Morgan fingerprint density at radius 3 is 2.36 bits per heavy atom. The van der Waals surface area contributed by atoms with E-state index in [1.54, 1.807) is 17.2 Å². The number of hydrogen-bond donors (Lipinski definition) is 1. The quantitative estimate of drug-likeness (QED) is 0.907. The molecule has 0 bridgehead atoms. The maximum Gasteiger partial charge on any atom is 0.407 e. The van der Waals surface area contributed by atoms with Crippen LogP contribution >= 0.6 is 0 Å². The first-order valence-corrected chi connectivity index (χ1v) is 8.57. The highest BCUT2D eigenvalue weighted by atomic mass is 16.6. The second kappa shape index (κ2) is 7.72. The second-order valence-corrected chi connectivity index (χ2v) is 7.57. The first-order valence-electron chi connectivity index (χ1n) is 8.57. The average Bonchev–Trinajstić information content (AvgIpc) is 2.53. The van der Waals surface area contributed by atoms with E-state index in [0.717, 1.165) is 5.82 Å². The number of piperidine rings is 1. The minimum Gasteiger partial charge on any atom is -0.446 e. The number of aromatic nitrogens is 1. The molecule has 7 nitrogen and oxygen atoms in total. The molecule has 0 atom stereocenters. The minimum absolute atomic E-state index is 0.0320. The van der Waals surface area contributed by atoms with Crippen molar-refractivity contribution in [3.8, 4) is 0 Å². The lowest BCUT2D eigenvalue weighted by Crippen LogP contribution is -2.45. The van der Waals surface area contributed by atoms with E-state index in [9.17, 15) is 9.59 Å². The molecule has 0 radical (unpaired) electrons. The van der Waals surface area contributed by atoms with Gasteiger partial charge in [-0.05, 0) is 32.9 Å². The summed E-state index contributed by atoms with van der Waals surface area (Å²) in [7, 11) is 3.81. The van der Waals surface area contributed by atoms with Crippen molar-refractivity contribution in [2.45, 2.75) is 45.3 Å². The van der Waals surface area contributed by atoms with Gasteiger partial charge in [0.25, 0.3) is 5.91 Å². The standard InChI is InChI=1S/C18H28N4O3/c1-18(2,3)20-17(24)25-14-8-10-22(11-9-14)16(23)13-6-7-15(19-12-13)21(4)5/h6-7,12,14H,8-11H2,1-5H3,(H,20,24). The van der Waals surface area contributed by atoms with E-state index >= 15 is 0 Å². The summed E-state index contributed by atoms with van der Waals surface area (Å²) < 4.78 is 5.44. The maximum absolute atomic E-state index is 12.5. The van der Waals surface area contributed by atoms with Crippen LogP contribution in [0.2, 0.25) is 0 Å². The number of likely N-dealkylation sites (tertiary alicyclic amines) is 1. The number of hydrogen-bond acceptors (Lipinski definition) is 5. The van der Waals surface area contributed by atoms with Crippen LogP contribution in [0.4, 0.5) is 10.6 Å². The zero-order valence-electron chi connectivity index (χ0n) is 15.7. The number of anilines is 1. The van der Waals surface area contributed by atoms with Crippen molar-refractivity contribution in [2.75, 3.05) is 32.1 Å². The van der Waals surface area contributed by atoms with Gasteiger partial charge in [0.2, 0.25) is 0 Å². The van der Waals surface area contributed by atoms with Crippen LogP contribution in [0.5, 0.6) is 0 Å². The molecule has 138 valence electrons. The summed E-state index contributed by atoms with van der Waals surface area (Å²) in [6.45, 7) is 6.87. The van der Waals surface area contributed by atoms with Gasteiger partial charge in [-0.3, -0.25) is 4.79 Å². The molecule has 0 unspecified atom stereocenters. The monoisotopic (exact) mass is 348 g/mol. The van der Waals surface area contributed by atoms with Gasteiger partial charge in [-0.25, -0.2) is 9.78 Å². The molecule has 1 aliphatic heterocycles. The number of carbonyl (C=O) groups is 2. The van der Waals surface area contributed by atoms with Gasteiger partial charge in [0.1, 0.15) is 11.9 Å². The Bertz CT molecular complexity index is 600. The molecule has 1 aromatic rings. The molecule has 1 aliphatic rings. The number of alkyl carbamates (subject to hydrolysis) is 1. The normalized spacial score (nSPS) is 15.6. The van der Waals surface area contributed by atoms with Crippen LogP contribution in [0, 0.1) is 0 Å². The van der Waals surface area contributed by atoms with Crippen molar-refractivity contribution in [2.24, 2.45) is 0 Å². The van der Waals surface area contributed by atoms with E-state index in [4.69, 9.17) is 4.74 Å². The molecule has 25 heavy (non-hydrogen) atoms. The molecule has 0 aliphatic carbocycles. The Labute approximate surface area is 149 Å². The minimum atomic E-state index is -0.402. The number of carbonyl (C=O) groups excluding carboxylic acids is 2. The molecule has 0 spiro atoms. The first-order chi connectivity index (χ1) is 11.7. The van der Waals surface area contributed by atoms with Crippen LogP contribution in [0.25, 0.3) is 0 Å². The van der Waals surface area contributed by atoms with Crippen molar-refractivity contribution in [1.29, 1.82) is 0 Å². The number of rotatable bonds is 3. The van der Waals surface area contributed by atoms with Crippen LogP contribution in [-0.2, 0) is 4.74 Å². The van der Waals surface area contributed by atoms with Crippen molar-refractivity contribution in [3.05, 3.63) is 23.9 Å². The van der Waals surface area contributed by atoms with Gasteiger partial charge >= 0.3 is 6.09 Å². The topological polar surface area (TPSA) is 74.8 Å². The van der Waals surface area contributed by atoms with Crippen LogP contribution in [0.1, 0.15) is 44.0 Å². The van der Waals surface area contributed by atoms with Gasteiger partial charge in [-0.1, -0.05) is 0 Å². The molecule has 2 rings (SSSR count). The Hall–Kier alpha value is -2.31. The zero-order valence-corrected chi connectivity index (χ0v) is 15.7. The summed E-state index contributed by atoms with van der Waals surface area (Å²) >= 11 is 0. The second-order valence-electron chi connectivity index (χ2n) is 7.57. The molecule has 1 fully saturated rings. The van der Waals surface area contributed by atoms with Crippen molar-refractivity contribution >= 4 is 17.8 Å². The van der Waals surface area contributed by atoms with Gasteiger partial charge in [0, 0.05) is 51.8 Å². The number of nitrogens with one attached hydrogen (secondary N) is 1. The number of ether oxygens (including phenoxy) is 1. The molecule has 7 heteroatoms. The lowest BCUT2D eigenvalue weighted by molar-refractivity contribution is 0.0404. The van der Waals surface area contributed by atoms with E-state index in [2.05, 4.69) is 10.3 Å². The first kappa shape index (κ1) is 19.0. The van der Waals surface area contributed by atoms with Gasteiger partial charge in [0.05, 0.1) is 5.56 Å². The van der Waals surface area contributed by atoms with Crippen molar-refractivity contribution < 1.29 is 14.3 Å². The summed E-state index contributed by atoms with van der Waals surface area (Å²) in [5, 5.41) is 2.79. The van der Waals surface area contributed by atoms with Crippen LogP contribution in [0.3, 0.4) is 0 Å². The lowest BCUT2D eigenvalue weighted by atomic mass is 10.1. The van der Waals surface area contributed by atoms with E-state index in [-0.39, 0.29) is 17.6 Å². The van der Waals surface area contributed by atoms with Gasteiger partial charge in [-0.15, -0.1) is 0 Å². The van der Waals surface area contributed by atoms with Gasteiger partial charge in [-0.2, -0.15) is 0 Å². The highest BCUT2D eigenvalue weighted by Crippen LogP contribution is 2.17. The maximum atomic E-state index is 12.5. The fourth-order valence-corrected chi connectivity index (χ4v) is 2.62. The fourth-order valence-electron chi connectivity index (χ4n) is 2.62. The van der Waals surface area contributed by atoms with E-state index in [1.807, 2.05) is 45.8 Å². The Balaban J connectivity index is 1.85. The van der Waals surface area contributed by atoms with E-state index in [1.165, 1.54) is 0 Å². The third-order valence-corrected chi connectivity index (χ3v) is 3.93. The van der Waals surface area contributed by atoms with Gasteiger partial charge in [0.15, 0.2) is 0 Å². The zero-order chi connectivity index (χ0) is 18.6. The summed E-state index contributed by atoms with van der Waals surface area (Å²) in [5.74, 6) is 0.781. The third kappa shape index (κ3) is 5.62. The fraction of sp³-hybridized carbons (Fsp3) is 0.611. The average molecular weight is 348 g/mol. The number of amides is 2. The molecule has 0 saturated carbocycles. The Morgan fingerprint density at radius 2 is 1.88 bits per heavy atom. The van der Waals surface area contributed by atoms with Crippen LogP contribution in [0.15, 0.2) is 18.3 Å². The van der Waals surface area contributed by atoms with Crippen molar-refractivity contribution in [1.82, 2.24) is 15.2 Å². The molecule has 1 N–H and O–H groups in total. The van der Waals surface area contributed by atoms with E-state index in [0.29, 0.717) is 31.5 Å². The summed E-state index contributed by atoms with van der Waals surface area (Å²) in [4.78, 5) is 32.3. The highest BCUT2D eigenvalue weighted by molar-refractivity contribution is 5.94. The third-order valence-electron chi connectivity index (χ3n) is 3.93. The molecular formula is C18H28N4O3. The van der Waals surface area contributed by atoms with Crippen LogP contribution < -0.4 is 10.2 Å². The number of nitrogens with zero attached hydrogens (tertiary/aromatic N) is 3. The summed E-state index contributed by atoms with van der Waals surface area (Å²) in [6.07, 6.45) is 2.34. The summed E-state index contributed by atoms with van der Waals surface area (Å²) in [5.41, 5.74) is 0.259. The SMILES string of the molecule is CN(C)c1ccc(C(=O)N2CCC(OC(=O)NC(C)(C)C)CC2)cn1. The van der Waals surface area contributed by atoms with Crippen molar-refractivity contribution in [3.63, 3.8) is 0 Å². The molecule has 1 aromatic heterocycles. The molecular weight excluding hydrogens is 320 g/mol. The molecule has 1 saturated heterocycles. The highest BCUT2D eigenvalue weighted by Gasteiger charge is 2.27. The molecule has 0 aromatic carbocycles. The Kier molecular flexibility index (Phi) is 5.87. The van der Waals surface area contributed by atoms with Crippen LogP contribution in [-0.4, -0.2) is 60.7 Å². The summed E-state index contributed by atoms with van der Waals surface area (Å²) in [6, 6.07) is 3.63.